The molecule has 0 bridgehead atoms. The van der Waals surface area contributed by atoms with E-state index < -0.39 is 19.6 Å². The van der Waals surface area contributed by atoms with Gasteiger partial charge < -0.3 is 27.4 Å². The Kier molecular flexibility index (Phi) is 13.2. The summed E-state index contributed by atoms with van der Waals surface area (Å²) in [6.07, 6.45) is 0.630. The quantitative estimate of drug-likeness (QED) is 0.169. The van der Waals surface area contributed by atoms with E-state index in [9.17, 15) is 9.36 Å². The van der Waals surface area contributed by atoms with Crippen molar-refractivity contribution >= 4 is 13.4 Å². The molecule has 9 nitrogen and oxygen atoms in total. The summed E-state index contributed by atoms with van der Waals surface area (Å²) in [6.45, 7) is -0.255. The summed E-state index contributed by atoms with van der Waals surface area (Å²) >= 11 is 0. The average molecular weight is 313 g/mol. The molecule has 0 amide bonds. The minimum absolute atomic E-state index is 0. The first-order chi connectivity index (χ1) is 7.97. The molecule has 0 spiro atoms. The molecule has 4 N–H and O–H groups in total. The van der Waals surface area contributed by atoms with E-state index >= 15 is 0 Å². The molecule has 100 valence electrons. The number of anilines is 1. The fourth-order valence-electron chi connectivity index (χ4n) is 0.857. The summed E-state index contributed by atoms with van der Waals surface area (Å²) in [5.74, 6) is 0.417. The van der Waals surface area contributed by atoms with Crippen molar-refractivity contribution in [2.75, 3.05) is 25.2 Å². The van der Waals surface area contributed by atoms with Crippen LogP contribution in [0.4, 0.5) is 5.82 Å². The third kappa shape index (κ3) is 12.2. The van der Waals surface area contributed by atoms with E-state index in [4.69, 9.17) is 14.5 Å². The summed E-state index contributed by atoms with van der Waals surface area (Å²) in [5, 5.41) is 2.69. The summed E-state index contributed by atoms with van der Waals surface area (Å²) in [7, 11) is -4.16. The Morgan fingerprint density at radius 2 is 2.11 bits per heavy atom. The first kappa shape index (κ1) is 22.0. The van der Waals surface area contributed by atoms with E-state index in [2.05, 4.69) is 20.0 Å². The zero-order chi connectivity index (χ0) is 12.7. The van der Waals surface area contributed by atoms with Gasteiger partial charge in [-0.15, -0.1) is 0 Å². The molecule has 1 aromatic heterocycles. The molecule has 0 aliphatic carbocycles. The summed E-state index contributed by atoms with van der Waals surface area (Å²) < 4.78 is 19.8. The number of hydrogen-bond acceptors (Lipinski definition) is 6. The SMILES string of the molecule is O=c1nccc(NCOCOCP(=O)(O)O)[nH]1.[H-].[H-].[Na+].[Na+]. The van der Waals surface area contributed by atoms with Gasteiger partial charge in [0.25, 0.3) is 0 Å². The van der Waals surface area contributed by atoms with Crippen LogP contribution < -0.4 is 70.1 Å². The van der Waals surface area contributed by atoms with Crippen LogP contribution in [0.2, 0.25) is 0 Å². The number of ether oxygens (including phenoxy) is 2. The van der Waals surface area contributed by atoms with Crippen LogP contribution in [0.15, 0.2) is 17.1 Å². The van der Waals surface area contributed by atoms with Crippen molar-refractivity contribution in [2.45, 2.75) is 0 Å². The summed E-state index contributed by atoms with van der Waals surface area (Å²) in [4.78, 5) is 33.5. The first-order valence-corrected chi connectivity index (χ1v) is 6.26. The van der Waals surface area contributed by atoms with Crippen LogP contribution in [0, 0.1) is 0 Å². The van der Waals surface area contributed by atoms with Gasteiger partial charge in [-0.3, -0.25) is 9.55 Å². The molecule has 0 aliphatic rings. The molecule has 0 aromatic carbocycles. The minimum atomic E-state index is -4.16. The maximum Gasteiger partial charge on any atom is 1.00 e. The smallest absolute Gasteiger partial charge is 1.00 e. The Morgan fingerprint density at radius 1 is 1.42 bits per heavy atom. The van der Waals surface area contributed by atoms with Crippen molar-refractivity contribution in [3.05, 3.63) is 22.7 Å². The molecule has 1 rings (SSSR count). The van der Waals surface area contributed by atoms with Crippen LogP contribution >= 0.6 is 7.60 Å². The number of rotatable bonds is 7. The molecule has 19 heavy (non-hydrogen) atoms. The zero-order valence-electron chi connectivity index (χ0n) is 12.7. The zero-order valence-corrected chi connectivity index (χ0v) is 15.6. The van der Waals surface area contributed by atoms with Crippen LogP contribution in [-0.2, 0) is 14.0 Å². The van der Waals surface area contributed by atoms with Gasteiger partial charge in [0.2, 0.25) is 0 Å². The standard InChI is InChI=1S/C7H12N3O6P.2Na.2H/c11-7-8-2-1-6(10-7)9-3-15-4-16-5-17(12,13)14;;;;/h1-2H,3-5H2,(H2,12,13,14)(H2,8,9,10,11);;;;/q;2*+1;2*-1. The van der Waals surface area contributed by atoms with E-state index in [0.717, 1.165) is 0 Å². The monoisotopic (exact) mass is 313 g/mol. The molecular formula is C7H14N3Na2O6P. The summed E-state index contributed by atoms with van der Waals surface area (Å²) in [6, 6.07) is 1.53. The van der Waals surface area contributed by atoms with Crippen LogP contribution in [0.3, 0.4) is 0 Å². The molecule has 0 atom stereocenters. The Labute approximate surface area is 156 Å². The number of nitrogens with zero attached hydrogens (tertiary/aromatic N) is 1. The summed E-state index contributed by atoms with van der Waals surface area (Å²) in [5.41, 5.74) is -0.493. The van der Waals surface area contributed by atoms with Gasteiger partial charge in [0.05, 0.1) is 0 Å². The van der Waals surface area contributed by atoms with Crippen LogP contribution in [0.25, 0.3) is 0 Å². The molecule has 12 heteroatoms. The van der Waals surface area contributed by atoms with Crippen LogP contribution in [0.1, 0.15) is 2.85 Å². The van der Waals surface area contributed by atoms with Gasteiger partial charge in [-0.1, -0.05) is 0 Å². The van der Waals surface area contributed by atoms with E-state index in [0.29, 0.717) is 5.82 Å². The molecule has 0 radical (unpaired) electrons. The number of aromatic amines is 1. The molecule has 0 unspecified atom stereocenters. The van der Waals surface area contributed by atoms with Crippen LogP contribution in [0.5, 0.6) is 0 Å². The molecular weight excluding hydrogens is 299 g/mol. The van der Waals surface area contributed by atoms with Crippen molar-refractivity contribution in [2.24, 2.45) is 0 Å². The first-order valence-electron chi connectivity index (χ1n) is 4.46. The van der Waals surface area contributed by atoms with Gasteiger partial charge in [0.15, 0.2) is 6.35 Å². The fourth-order valence-corrected chi connectivity index (χ4v) is 1.17. The third-order valence-electron chi connectivity index (χ3n) is 1.47. The van der Waals surface area contributed by atoms with E-state index in [1.165, 1.54) is 12.3 Å². The molecule has 0 aliphatic heterocycles. The van der Waals surface area contributed by atoms with Crippen LogP contribution in [-0.4, -0.2) is 39.6 Å². The molecule has 0 saturated carbocycles. The normalized spacial score (nSPS) is 10.2. The molecule has 0 saturated heterocycles. The van der Waals surface area contributed by atoms with Gasteiger partial charge >= 0.3 is 72.4 Å². The average Bonchev–Trinajstić information content (AvgIpc) is 2.22. The number of H-pyrrole nitrogens is 1. The Hall–Kier alpha value is 0.750. The predicted molar refractivity (Wildman–Crippen MR) is 59.5 cm³/mol. The molecule has 1 aromatic rings. The third-order valence-corrected chi connectivity index (χ3v) is 1.98. The Balaban J connectivity index is -0.000000361. The Morgan fingerprint density at radius 3 is 2.68 bits per heavy atom. The second-order valence-corrected chi connectivity index (χ2v) is 4.52. The largest absolute Gasteiger partial charge is 1.00 e. The molecule has 0 fully saturated rings. The van der Waals surface area contributed by atoms with Gasteiger partial charge in [-0.05, 0) is 6.07 Å². The maximum absolute atomic E-state index is 10.8. The second-order valence-electron chi connectivity index (χ2n) is 2.93. The van der Waals surface area contributed by atoms with Crippen molar-refractivity contribution in [3.63, 3.8) is 0 Å². The topological polar surface area (TPSA) is 134 Å². The van der Waals surface area contributed by atoms with E-state index in [1.54, 1.807) is 0 Å². The van der Waals surface area contributed by atoms with Crippen molar-refractivity contribution in [1.82, 2.24) is 9.97 Å². The number of hydrogen-bond donors (Lipinski definition) is 4. The number of aromatic nitrogens is 2. The van der Waals surface area contributed by atoms with Gasteiger partial charge in [-0.25, -0.2) is 9.78 Å². The van der Waals surface area contributed by atoms with E-state index in [-0.39, 0.29) is 75.5 Å². The van der Waals surface area contributed by atoms with Gasteiger partial charge in [0.1, 0.15) is 19.3 Å². The fraction of sp³-hybridized carbons (Fsp3) is 0.429. The van der Waals surface area contributed by atoms with Crippen molar-refractivity contribution in [3.8, 4) is 0 Å². The van der Waals surface area contributed by atoms with Gasteiger partial charge in [-0.2, -0.15) is 0 Å². The Bertz CT molecular complexity index is 462. The minimum Gasteiger partial charge on any atom is -1.00 e. The predicted octanol–water partition coefficient (Wildman–Crippen LogP) is -6.50. The number of nitrogens with one attached hydrogen (secondary N) is 2. The van der Waals surface area contributed by atoms with Crippen molar-refractivity contribution in [1.29, 1.82) is 0 Å². The van der Waals surface area contributed by atoms with E-state index in [1.807, 2.05) is 0 Å². The van der Waals surface area contributed by atoms with Gasteiger partial charge in [0, 0.05) is 6.20 Å². The second kappa shape index (κ2) is 11.4. The van der Waals surface area contributed by atoms with Crippen molar-refractivity contribution < 1.29 is 85.8 Å². The molecule has 1 heterocycles. The maximum atomic E-state index is 10.8.